The maximum Gasteiger partial charge on any atom is 0.293 e. The van der Waals surface area contributed by atoms with Crippen molar-refractivity contribution in [3.63, 3.8) is 0 Å². The Morgan fingerprint density at radius 2 is 1.78 bits per heavy atom. The fraction of sp³-hybridized carbons (Fsp3) is 0.120. The van der Waals surface area contributed by atoms with E-state index in [1.807, 2.05) is 0 Å². The molecule has 0 unspecified atom stereocenters. The van der Waals surface area contributed by atoms with Crippen molar-refractivity contribution in [1.82, 2.24) is 4.90 Å². The van der Waals surface area contributed by atoms with Crippen molar-refractivity contribution in [3.05, 3.63) is 102 Å². The van der Waals surface area contributed by atoms with Crippen LogP contribution in [0.4, 0.5) is 10.5 Å². The van der Waals surface area contributed by atoms with Gasteiger partial charge in [0.1, 0.15) is 6.61 Å². The van der Waals surface area contributed by atoms with Crippen LogP contribution in [0.3, 0.4) is 0 Å². The molecule has 0 bridgehead atoms. The third-order valence-corrected chi connectivity index (χ3v) is 6.74. The molecule has 3 aromatic rings. The van der Waals surface area contributed by atoms with Crippen molar-refractivity contribution in [2.75, 3.05) is 7.11 Å². The van der Waals surface area contributed by atoms with Crippen molar-refractivity contribution in [1.29, 1.82) is 0 Å². The molecule has 11 heteroatoms. The van der Waals surface area contributed by atoms with Gasteiger partial charge in [-0.3, -0.25) is 24.6 Å². The van der Waals surface area contributed by atoms with Crippen LogP contribution in [0.15, 0.2) is 65.6 Å². The molecule has 1 heterocycles. The van der Waals surface area contributed by atoms with Gasteiger partial charge in [0.15, 0.2) is 11.5 Å². The lowest BCUT2D eigenvalue weighted by Gasteiger charge is -2.13. The maximum atomic E-state index is 12.9. The van der Waals surface area contributed by atoms with E-state index in [1.165, 1.54) is 31.4 Å². The number of carbonyl (C=O) groups is 2. The number of methoxy groups -OCH3 is 1. The van der Waals surface area contributed by atoms with Gasteiger partial charge in [-0.25, -0.2) is 0 Å². The second-order valence-electron chi connectivity index (χ2n) is 7.63. The van der Waals surface area contributed by atoms with Gasteiger partial charge in [0.25, 0.3) is 16.8 Å². The molecule has 0 aromatic heterocycles. The van der Waals surface area contributed by atoms with Crippen LogP contribution >= 0.6 is 35.0 Å². The van der Waals surface area contributed by atoms with Crippen molar-refractivity contribution in [2.24, 2.45) is 0 Å². The van der Waals surface area contributed by atoms with Gasteiger partial charge in [-0.05, 0) is 53.2 Å². The first-order valence-electron chi connectivity index (χ1n) is 10.5. The van der Waals surface area contributed by atoms with Crippen LogP contribution < -0.4 is 9.47 Å². The molecule has 8 nitrogen and oxygen atoms in total. The summed E-state index contributed by atoms with van der Waals surface area (Å²) >= 11 is 13.0. The molecule has 0 atom stereocenters. The summed E-state index contributed by atoms with van der Waals surface area (Å²) in [4.78, 5) is 37.0. The van der Waals surface area contributed by atoms with E-state index in [0.29, 0.717) is 32.7 Å². The number of nitro benzene ring substituents is 1. The highest BCUT2D eigenvalue weighted by molar-refractivity contribution is 8.18. The van der Waals surface area contributed by atoms with Crippen molar-refractivity contribution in [3.8, 4) is 11.5 Å². The molecule has 1 fully saturated rings. The molecule has 1 aliphatic heterocycles. The molecule has 4 rings (SSSR count). The third kappa shape index (κ3) is 5.81. The molecule has 2 amide bonds. The number of benzene rings is 3. The number of carbonyl (C=O) groups excluding carboxylic acids is 2. The van der Waals surface area contributed by atoms with Crippen LogP contribution in [0.5, 0.6) is 11.5 Å². The predicted molar refractivity (Wildman–Crippen MR) is 138 cm³/mol. The van der Waals surface area contributed by atoms with Crippen LogP contribution in [-0.2, 0) is 17.9 Å². The molecule has 0 N–H and O–H groups in total. The fourth-order valence-corrected chi connectivity index (χ4v) is 4.68. The van der Waals surface area contributed by atoms with Crippen LogP contribution in [0.2, 0.25) is 10.0 Å². The standard InChI is InChI=1S/C25H18Cl2N2O6S/c1-34-22-10-16(4-9-21(22)35-14-17-5-6-18(26)12-20(17)27)11-23-24(30)28(25(31)36-23)13-15-2-7-19(8-3-15)29(32)33/h2-12H,13-14H2,1H3. The molecule has 0 spiro atoms. The van der Waals surface area contributed by atoms with Crippen LogP contribution in [0.25, 0.3) is 6.08 Å². The van der Waals surface area contributed by atoms with Crippen LogP contribution in [-0.4, -0.2) is 28.1 Å². The minimum atomic E-state index is -0.510. The Labute approximate surface area is 220 Å². The Morgan fingerprint density at radius 1 is 1.03 bits per heavy atom. The summed E-state index contributed by atoms with van der Waals surface area (Å²) in [6.45, 7) is 0.219. The first-order valence-corrected chi connectivity index (χ1v) is 12.1. The summed E-state index contributed by atoms with van der Waals surface area (Å²) in [6, 6.07) is 16.0. The number of hydrogen-bond donors (Lipinski definition) is 0. The van der Waals surface area contributed by atoms with Gasteiger partial charge in [0, 0.05) is 27.7 Å². The first kappa shape index (κ1) is 25.6. The highest BCUT2D eigenvalue weighted by Gasteiger charge is 2.35. The molecule has 36 heavy (non-hydrogen) atoms. The number of rotatable bonds is 8. The number of hydrogen-bond acceptors (Lipinski definition) is 7. The number of ether oxygens (including phenoxy) is 2. The Morgan fingerprint density at radius 3 is 2.44 bits per heavy atom. The Bertz CT molecular complexity index is 1380. The molecule has 0 aliphatic carbocycles. The number of imide groups is 1. The molecule has 0 saturated carbocycles. The molecule has 3 aromatic carbocycles. The van der Waals surface area contributed by atoms with Gasteiger partial charge in [0.05, 0.1) is 23.5 Å². The fourth-order valence-electron chi connectivity index (χ4n) is 3.38. The molecular weight excluding hydrogens is 527 g/mol. The summed E-state index contributed by atoms with van der Waals surface area (Å²) in [5, 5.41) is 11.4. The summed E-state index contributed by atoms with van der Waals surface area (Å²) in [5.41, 5.74) is 1.94. The quantitative estimate of drug-likeness (QED) is 0.176. The summed E-state index contributed by atoms with van der Waals surface area (Å²) in [5.74, 6) is 0.478. The summed E-state index contributed by atoms with van der Waals surface area (Å²) in [6.07, 6.45) is 1.60. The van der Waals surface area contributed by atoms with E-state index in [-0.39, 0.29) is 23.7 Å². The van der Waals surface area contributed by atoms with Crippen LogP contribution in [0.1, 0.15) is 16.7 Å². The summed E-state index contributed by atoms with van der Waals surface area (Å²) in [7, 11) is 1.50. The summed E-state index contributed by atoms with van der Waals surface area (Å²) < 4.78 is 11.3. The van der Waals surface area contributed by atoms with E-state index in [9.17, 15) is 19.7 Å². The van der Waals surface area contributed by atoms with Gasteiger partial charge < -0.3 is 9.47 Å². The predicted octanol–water partition coefficient (Wildman–Crippen LogP) is 6.73. The lowest BCUT2D eigenvalue weighted by Crippen LogP contribution is -2.27. The SMILES string of the molecule is COc1cc(C=C2SC(=O)N(Cc3ccc([N+](=O)[O-])cc3)C2=O)ccc1OCc1ccc(Cl)cc1Cl. The molecule has 184 valence electrons. The number of amides is 2. The van der Waals surface area contributed by atoms with Gasteiger partial charge in [0.2, 0.25) is 0 Å². The number of nitrogens with zero attached hydrogens (tertiary/aromatic N) is 2. The van der Waals surface area contributed by atoms with Gasteiger partial charge in [-0.15, -0.1) is 0 Å². The highest BCUT2D eigenvalue weighted by atomic mass is 35.5. The van der Waals surface area contributed by atoms with Gasteiger partial charge in [-0.2, -0.15) is 0 Å². The zero-order chi connectivity index (χ0) is 25.8. The largest absolute Gasteiger partial charge is 0.493 e. The Balaban J connectivity index is 1.47. The molecular formula is C25H18Cl2N2O6S. The van der Waals surface area contributed by atoms with Gasteiger partial charge in [-0.1, -0.05) is 47.5 Å². The van der Waals surface area contributed by atoms with E-state index < -0.39 is 16.1 Å². The van der Waals surface area contributed by atoms with Crippen molar-refractivity contribution < 1.29 is 24.0 Å². The normalized spacial score (nSPS) is 14.4. The third-order valence-electron chi connectivity index (χ3n) is 5.25. The van der Waals surface area contributed by atoms with E-state index in [2.05, 4.69) is 0 Å². The number of thioether (sulfide) groups is 1. The first-order chi connectivity index (χ1) is 17.2. The van der Waals surface area contributed by atoms with E-state index in [1.54, 1.807) is 42.5 Å². The lowest BCUT2D eigenvalue weighted by atomic mass is 10.1. The molecule has 1 saturated heterocycles. The van der Waals surface area contributed by atoms with Gasteiger partial charge >= 0.3 is 0 Å². The second kappa shape index (κ2) is 11.0. The monoisotopic (exact) mass is 544 g/mol. The average molecular weight is 545 g/mol. The van der Waals surface area contributed by atoms with E-state index in [4.69, 9.17) is 32.7 Å². The Hall–Kier alpha value is -3.53. The number of non-ortho nitro benzene ring substituents is 1. The van der Waals surface area contributed by atoms with Crippen molar-refractivity contribution in [2.45, 2.75) is 13.2 Å². The number of halogens is 2. The smallest absolute Gasteiger partial charge is 0.293 e. The zero-order valence-electron chi connectivity index (χ0n) is 18.8. The number of nitro groups is 1. The zero-order valence-corrected chi connectivity index (χ0v) is 21.1. The lowest BCUT2D eigenvalue weighted by molar-refractivity contribution is -0.384. The topological polar surface area (TPSA) is 99.0 Å². The average Bonchev–Trinajstić information content (AvgIpc) is 3.11. The molecule has 1 aliphatic rings. The second-order valence-corrected chi connectivity index (χ2v) is 9.46. The van der Waals surface area contributed by atoms with E-state index >= 15 is 0 Å². The maximum absolute atomic E-state index is 12.9. The Kier molecular flexibility index (Phi) is 7.83. The molecule has 0 radical (unpaired) electrons. The minimum Gasteiger partial charge on any atom is -0.493 e. The highest BCUT2D eigenvalue weighted by Crippen LogP contribution is 2.36. The van der Waals surface area contributed by atoms with Crippen molar-refractivity contribution >= 4 is 57.9 Å². The van der Waals surface area contributed by atoms with E-state index in [0.717, 1.165) is 22.2 Å². The minimum absolute atomic E-state index is 0.0172. The van der Waals surface area contributed by atoms with Crippen LogP contribution in [0, 0.1) is 10.1 Å².